The van der Waals surface area contributed by atoms with Gasteiger partial charge in [0.05, 0.1) is 23.7 Å². The third kappa shape index (κ3) is 5.44. The third-order valence-electron chi connectivity index (χ3n) is 3.71. The minimum absolute atomic E-state index is 0. The summed E-state index contributed by atoms with van der Waals surface area (Å²) in [5, 5.41) is 14.2. The lowest BCUT2D eigenvalue weighted by Gasteiger charge is -2.06. The molecule has 0 radical (unpaired) electrons. The summed E-state index contributed by atoms with van der Waals surface area (Å²) < 4.78 is 1.90. The molecule has 0 atom stereocenters. The van der Waals surface area contributed by atoms with Gasteiger partial charge in [0.15, 0.2) is 4.80 Å². The molecule has 3 aromatic rings. The van der Waals surface area contributed by atoms with E-state index in [0.29, 0.717) is 16.3 Å². The molecule has 5 nitrogen and oxygen atoms in total. The second-order valence-corrected chi connectivity index (χ2v) is 6.84. The van der Waals surface area contributed by atoms with Crippen LogP contribution in [0.5, 0.6) is 0 Å². The molecule has 3 rings (SSSR count). The number of nitrogens with one attached hydrogen (secondary N) is 1. The van der Waals surface area contributed by atoms with Gasteiger partial charge in [-0.05, 0) is 48.5 Å². The van der Waals surface area contributed by atoms with Crippen molar-refractivity contribution in [3.8, 4) is 6.07 Å². The summed E-state index contributed by atoms with van der Waals surface area (Å²) in [5.74, 6) is -0.124. The minimum Gasteiger partial charge on any atom is -0.326 e. The highest BCUT2D eigenvalue weighted by molar-refractivity contribution is 7.07. The smallest absolute Gasteiger partial charge is 0.230 e. The van der Waals surface area contributed by atoms with Gasteiger partial charge in [-0.15, -0.1) is 23.7 Å². The number of aromatic nitrogens is 1. The maximum atomic E-state index is 12.3. The van der Waals surface area contributed by atoms with Crippen molar-refractivity contribution in [2.45, 2.75) is 6.42 Å². The summed E-state index contributed by atoms with van der Waals surface area (Å²) in [6, 6.07) is 16.1. The van der Waals surface area contributed by atoms with Crippen molar-refractivity contribution >= 4 is 52.6 Å². The fourth-order valence-electron chi connectivity index (χ4n) is 2.29. The van der Waals surface area contributed by atoms with Gasteiger partial charge in [-0.25, -0.2) is 4.99 Å². The first-order chi connectivity index (χ1) is 12.5. The number of carbonyl (C=O) groups excluding carboxylic acids is 1. The Morgan fingerprint density at radius 3 is 2.52 bits per heavy atom. The average Bonchev–Trinajstić information content (AvgIpc) is 2.97. The van der Waals surface area contributed by atoms with Crippen LogP contribution in [0.25, 0.3) is 0 Å². The van der Waals surface area contributed by atoms with E-state index in [1.165, 1.54) is 11.3 Å². The molecule has 27 heavy (non-hydrogen) atoms. The molecule has 1 amide bonds. The lowest BCUT2D eigenvalue weighted by molar-refractivity contribution is -0.115. The predicted octanol–water partition coefficient (Wildman–Crippen LogP) is 4.45. The van der Waals surface area contributed by atoms with Gasteiger partial charge < -0.3 is 9.88 Å². The average molecular weight is 419 g/mol. The molecule has 1 heterocycles. The second kappa shape index (κ2) is 9.38. The van der Waals surface area contributed by atoms with Gasteiger partial charge in [-0.3, -0.25) is 4.79 Å². The number of nitrogens with zero attached hydrogens (tertiary/aromatic N) is 3. The molecule has 0 spiro atoms. The number of hydrogen-bond acceptors (Lipinski definition) is 4. The molecule has 8 heteroatoms. The highest BCUT2D eigenvalue weighted by Crippen LogP contribution is 2.16. The quantitative estimate of drug-likeness (QED) is 0.679. The summed E-state index contributed by atoms with van der Waals surface area (Å²) >= 11 is 7.36. The van der Waals surface area contributed by atoms with Crippen LogP contribution in [0.2, 0.25) is 5.02 Å². The summed E-state index contributed by atoms with van der Waals surface area (Å²) in [6.45, 7) is 0. The van der Waals surface area contributed by atoms with Gasteiger partial charge >= 0.3 is 0 Å². The van der Waals surface area contributed by atoms with Gasteiger partial charge in [-0.1, -0.05) is 11.6 Å². The van der Waals surface area contributed by atoms with Crippen molar-refractivity contribution in [1.29, 1.82) is 5.26 Å². The monoisotopic (exact) mass is 418 g/mol. The lowest BCUT2D eigenvalue weighted by atomic mass is 10.2. The Morgan fingerprint density at radius 2 is 1.89 bits per heavy atom. The van der Waals surface area contributed by atoms with Crippen LogP contribution in [-0.4, -0.2) is 10.5 Å². The first-order valence-corrected chi connectivity index (χ1v) is 9.04. The van der Waals surface area contributed by atoms with Crippen LogP contribution in [0, 0.1) is 11.3 Å². The number of halogens is 2. The highest BCUT2D eigenvalue weighted by atomic mass is 35.5. The van der Waals surface area contributed by atoms with E-state index in [1.807, 2.05) is 35.2 Å². The van der Waals surface area contributed by atoms with Gasteiger partial charge in [0, 0.05) is 28.8 Å². The summed E-state index contributed by atoms with van der Waals surface area (Å²) in [4.78, 5) is 17.6. The number of amides is 1. The summed E-state index contributed by atoms with van der Waals surface area (Å²) in [5.41, 5.74) is 2.90. The molecular formula is C19H16Cl2N4OS. The molecule has 0 aliphatic carbocycles. The van der Waals surface area contributed by atoms with Gasteiger partial charge in [0.1, 0.15) is 0 Å². The molecule has 0 aliphatic rings. The topological polar surface area (TPSA) is 70.2 Å². The largest absolute Gasteiger partial charge is 0.326 e. The van der Waals surface area contributed by atoms with Crippen molar-refractivity contribution < 1.29 is 4.79 Å². The molecule has 138 valence electrons. The number of benzene rings is 2. The van der Waals surface area contributed by atoms with Crippen LogP contribution in [0.15, 0.2) is 58.9 Å². The predicted molar refractivity (Wildman–Crippen MR) is 111 cm³/mol. The first-order valence-electron chi connectivity index (χ1n) is 7.79. The standard InChI is InChI=1S/C19H15ClN4OS.ClH/c1-24-17(10-18(25)22-15-6-2-13(11-21)3-7-15)12-26-19(24)23-16-8-4-14(20)5-9-16;/h2-9,12H,10H2,1H3,(H,22,25);1H/b23-19+;. The number of thiazole rings is 1. The van der Waals surface area contributed by atoms with Gasteiger partial charge in [-0.2, -0.15) is 5.26 Å². The fraction of sp³-hybridized carbons (Fsp3) is 0.105. The van der Waals surface area contributed by atoms with Crippen LogP contribution in [0.3, 0.4) is 0 Å². The van der Waals surface area contributed by atoms with E-state index in [9.17, 15) is 4.79 Å². The first kappa shape index (κ1) is 20.7. The fourth-order valence-corrected chi connectivity index (χ4v) is 3.33. The molecule has 2 aromatic carbocycles. The second-order valence-electron chi connectivity index (χ2n) is 5.57. The zero-order valence-electron chi connectivity index (χ0n) is 14.3. The van der Waals surface area contributed by atoms with Crippen molar-refractivity contribution in [3.05, 3.63) is 75.0 Å². The van der Waals surface area contributed by atoms with E-state index < -0.39 is 0 Å². The molecule has 1 N–H and O–H groups in total. The van der Waals surface area contributed by atoms with Gasteiger partial charge in [0.2, 0.25) is 5.91 Å². The molecule has 1 aromatic heterocycles. The normalized spacial score (nSPS) is 10.8. The van der Waals surface area contributed by atoms with Crippen molar-refractivity contribution in [2.24, 2.45) is 12.0 Å². The van der Waals surface area contributed by atoms with Crippen LogP contribution < -0.4 is 10.1 Å². The molecule has 0 unspecified atom stereocenters. The van der Waals surface area contributed by atoms with Crippen LogP contribution in [0.1, 0.15) is 11.3 Å². The number of rotatable bonds is 4. The Morgan fingerprint density at radius 1 is 1.22 bits per heavy atom. The van der Waals surface area contributed by atoms with E-state index in [4.69, 9.17) is 16.9 Å². The SMILES string of the molecule is Cl.Cn1c(CC(=O)Nc2ccc(C#N)cc2)cs/c1=N/c1ccc(Cl)cc1. The van der Waals surface area contributed by atoms with E-state index in [1.54, 1.807) is 36.4 Å². The van der Waals surface area contributed by atoms with E-state index in [2.05, 4.69) is 10.3 Å². The highest BCUT2D eigenvalue weighted by Gasteiger charge is 2.09. The molecular weight excluding hydrogens is 403 g/mol. The number of carbonyl (C=O) groups is 1. The Labute approximate surface area is 172 Å². The van der Waals surface area contributed by atoms with E-state index in [0.717, 1.165) is 16.2 Å². The Hall–Kier alpha value is -2.59. The number of anilines is 1. The number of nitriles is 1. The lowest BCUT2D eigenvalue weighted by Crippen LogP contribution is -2.19. The summed E-state index contributed by atoms with van der Waals surface area (Å²) in [6.07, 6.45) is 0.239. The third-order valence-corrected chi connectivity index (χ3v) is 4.93. The molecule has 0 fully saturated rings. The van der Waals surface area contributed by atoms with Crippen LogP contribution in [0.4, 0.5) is 11.4 Å². The number of hydrogen-bond donors (Lipinski definition) is 1. The van der Waals surface area contributed by atoms with E-state index >= 15 is 0 Å². The Balaban J connectivity index is 0.00000261. The maximum absolute atomic E-state index is 12.3. The summed E-state index contributed by atoms with van der Waals surface area (Å²) in [7, 11) is 1.88. The molecule has 0 saturated carbocycles. The van der Waals surface area contributed by atoms with Gasteiger partial charge in [0.25, 0.3) is 0 Å². The zero-order chi connectivity index (χ0) is 18.5. The Bertz CT molecular complexity index is 1030. The van der Waals surface area contributed by atoms with Crippen LogP contribution in [-0.2, 0) is 18.3 Å². The zero-order valence-corrected chi connectivity index (χ0v) is 16.7. The maximum Gasteiger partial charge on any atom is 0.230 e. The molecule has 0 aliphatic heterocycles. The van der Waals surface area contributed by atoms with E-state index in [-0.39, 0.29) is 24.7 Å². The minimum atomic E-state index is -0.124. The Kier molecular flexibility index (Phi) is 7.19. The van der Waals surface area contributed by atoms with Crippen molar-refractivity contribution in [3.63, 3.8) is 0 Å². The van der Waals surface area contributed by atoms with Crippen molar-refractivity contribution in [2.75, 3.05) is 5.32 Å². The van der Waals surface area contributed by atoms with Crippen LogP contribution >= 0.6 is 35.3 Å². The molecule has 0 saturated heterocycles. The molecule has 0 bridgehead atoms. The van der Waals surface area contributed by atoms with Crippen molar-refractivity contribution in [1.82, 2.24) is 4.57 Å².